The summed E-state index contributed by atoms with van der Waals surface area (Å²) >= 11 is 0. The molecule has 0 radical (unpaired) electrons. The summed E-state index contributed by atoms with van der Waals surface area (Å²) in [5, 5.41) is 3.87. The van der Waals surface area contributed by atoms with Crippen molar-refractivity contribution in [3.05, 3.63) is 72.1 Å². The number of ether oxygens (including phenoxy) is 2. The normalized spacial score (nSPS) is 15.5. The van der Waals surface area contributed by atoms with Gasteiger partial charge in [-0.3, -0.25) is 19.0 Å². The van der Waals surface area contributed by atoms with E-state index in [4.69, 9.17) is 14.5 Å². The number of aryl methyl sites for hydroxylation is 2. The smallest absolute Gasteiger partial charge is 0.272 e. The number of carbonyl (C=O) groups is 2. The number of imidazole rings is 1. The SMILES string of the molecule is COc1cc(-c2nc(C3CCN(C)C(=O)C3)n3ccnc(C)c23)ccc1NC(=O)c1cc2c(OC)cccc2n1C. The third-order valence-corrected chi connectivity index (χ3v) is 8.01. The van der Waals surface area contributed by atoms with Gasteiger partial charge in [-0.2, -0.15) is 0 Å². The van der Waals surface area contributed by atoms with Gasteiger partial charge in [0.05, 0.1) is 42.3 Å². The minimum absolute atomic E-state index is 0.0154. The van der Waals surface area contributed by atoms with Crippen molar-refractivity contribution in [3.8, 4) is 22.8 Å². The van der Waals surface area contributed by atoms with Gasteiger partial charge in [-0.1, -0.05) is 12.1 Å². The molecule has 1 atom stereocenters. The largest absolute Gasteiger partial charge is 0.496 e. The monoisotopic (exact) mass is 552 g/mol. The Bertz CT molecular complexity index is 1820. The number of fused-ring (bicyclic) bond motifs is 2. The number of likely N-dealkylation sites (tertiary alicyclic amines) is 1. The molecule has 1 saturated heterocycles. The van der Waals surface area contributed by atoms with Crippen LogP contribution in [0.3, 0.4) is 0 Å². The van der Waals surface area contributed by atoms with Crippen molar-refractivity contribution in [2.45, 2.75) is 25.7 Å². The Hall–Kier alpha value is -4.86. The number of hydrogen-bond acceptors (Lipinski definition) is 6. The molecule has 210 valence electrons. The summed E-state index contributed by atoms with van der Waals surface area (Å²) < 4.78 is 15.1. The second-order valence-corrected chi connectivity index (χ2v) is 10.4. The van der Waals surface area contributed by atoms with Gasteiger partial charge in [-0.05, 0) is 43.7 Å². The van der Waals surface area contributed by atoms with Gasteiger partial charge in [0, 0.05) is 56.3 Å². The van der Waals surface area contributed by atoms with E-state index in [-0.39, 0.29) is 17.7 Å². The molecule has 1 N–H and O–H groups in total. The van der Waals surface area contributed by atoms with E-state index >= 15 is 0 Å². The Morgan fingerprint density at radius 2 is 1.88 bits per heavy atom. The summed E-state index contributed by atoms with van der Waals surface area (Å²) in [5.74, 6) is 1.94. The van der Waals surface area contributed by atoms with Crippen molar-refractivity contribution in [1.29, 1.82) is 0 Å². The summed E-state index contributed by atoms with van der Waals surface area (Å²) in [6.45, 7) is 2.65. The molecule has 41 heavy (non-hydrogen) atoms. The number of aromatic nitrogens is 4. The number of piperidine rings is 1. The highest BCUT2D eigenvalue weighted by Crippen LogP contribution is 2.37. The van der Waals surface area contributed by atoms with Crippen LogP contribution < -0.4 is 14.8 Å². The summed E-state index contributed by atoms with van der Waals surface area (Å²) in [6, 6.07) is 13.2. The van der Waals surface area contributed by atoms with Gasteiger partial charge in [0.25, 0.3) is 5.91 Å². The fraction of sp³-hybridized carbons (Fsp3) is 0.290. The fourth-order valence-corrected chi connectivity index (χ4v) is 5.73. The lowest BCUT2D eigenvalue weighted by Gasteiger charge is -2.28. The number of benzene rings is 2. The average molecular weight is 553 g/mol. The molecule has 3 aromatic heterocycles. The first-order chi connectivity index (χ1) is 19.8. The standard InChI is InChI=1S/C31H32N6O4/c1-18-29-28(34-30(37(29)14-12-32-18)20-11-13-35(2)27(38)16-20)19-9-10-22(26(15-19)41-5)33-31(39)24-17-21-23(36(24)3)7-6-8-25(21)40-4/h6-10,12,14-15,17,20H,11,13,16H2,1-5H3,(H,33,39). The van der Waals surface area contributed by atoms with Crippen LogP contribution in [0.1, 0.15) is 40.8 Å². The summed E-state index contributed by atoms with van der Waals surface area (Å²) in [7, 11) is 6.88. The van der Waals surface area contributed by atoms with Crippen LogP contribution in [0.15, 0.2) is 54.9 Å². The first-order valence-electron chi connectivity index (χ1n) is 13.5. The number of rotatable bonds is 6. The summed E-state index contributed by atoms with van der Waals surface area (Å²) in [6.07, 6.45) is 4.93. The number of anilines is 1. The topological polar surface area (TPSA) is 103 Å². The van der Waals surface area contributed by atoms with E-state index < -0.39 is 0 Å². The number of amides is 2. The van der Waals surface area contributed by atoms with Gasteiger partial charge in [0.1, 0.15) is 23.0 Å². The Balaban J connectivity index is 1.36. The second kappa shape index (κ2) is 10.3. The first-order valence-corrected chi connectivity index (χ1v) is 13.5. The zero-order valence-corrected chi connectivity index (χ0v) is 23.8. The molecule has 1 aliphatic heterocycles. The molecule has 1 unspecified atom stereocenters. The second-order valence-electron chi connectivity index (χ2n) is 10.4. The lowest BCUT2D eigenvalue weighted by atomic mass is 9.96. The van der Waals surface area contributed by atoms with Crippen LogP contribution in [0, 0.1) is 6.92 Å². The maximum Gasteiger partial charge on any atom is 0.272 e. The molecule has 4 heterocycles. The highest BCUT2D eigenvalue weighted by molar-refractivity contribution is 6.08. The van der Waals surface area contributed by atoms with Crippen LogP contribution in [-0.2, 0) is 11.8 Å². The Kier molecular flexibility index (Phi) is 6.61. The molecule has 2 amide bonds. The molecular weight excluding hydrogens is 520 g/mol. The van der Waals surface area contributed by atoms with Gasteiger partial charge in [-0.25, -0.2) is 4.98 Å². The molecule has 1 fully saturated rings. The van der Waals surface area contributed by atoms with Gasteiger partial charge in [0.15, 0.2) is 0 Å². The van der Waals surface area contributed by atoms with Crippen molar-refractivity contribution < 1.29 is 19.1 Å². The highest BCUT2D eigenvalue weighted by Gasteiger charge is 2.29. The molecule has 0 aliphatic carbocycles. The quantitative estimate of drug-likeness (QED) is 0.325. The molecule has 0 spiro atoms. The zero-order valence-electron chi connectivity index (χ0n) is 23.8. The lowest BCUT2D eigenvalue weighted by Crippen LogP contribution is -2.35. The van der Waals surface area contributed by atoms with E-state index in [2.05, 4.69) is 14.7 Å². The van der Waals surface area contributed by atoms with Crippen molar-refractivity contribution in [2.75, 3.05) is 33.1 Å². The molecule has 0 bridgehead atoms. The minimum Gasteiger partial charge on any atom is -0.496 e. The predicted molar refractivity (Wildman–Crippen MR) is 157 cm³/mol. The molecule has 2 aromatic carbocycles. The van der Waals surface area contributed by atoms with E-state index in [9.17, 15) is 9.59 Å². The molecule has 10 heteroatoms. The van der Waals surface area contributed by atoms with E-state index in [0.717, 1.165) is 45.6 Å². The van der Waals surface area contributed by atoms with E-state index in [1.165, 1.54) is 0 Å². The van der Waals surface area contributed by atoms with Gasteiger partial charge in [0.2, 0.25) is 5.91 Å². The highest BCUT2D eigenvalue weighted by atomic mass is 16.5. The van der Waals surface area contributed by atoms with Crippen molar-refractivity contribution >= 4 is 33.9 Å². The van der Waals surface area contributed by atoms with E-state index in [1.54, 1.807) is 25.3 Å². The maximum absolute atomic E-state index is 13.4. The minimum atomic E-state index is -0.265. The van der Waals surface area contributed by atoms with Crippen LogP contribution >= 0.6 is 0 Å². The summed E-state index contributed by atoms with van der Waals surface area (Å²) in [4.78, 5) is 37.2. The van der Waals surface area contributed by atoms with Crippen LogP contribution in [0.5, 0.6) is 11.5 Å². The molecule has 10 nitrogen and oxygen atoms in total. The molecule has 1 aliphatic rings. The predicted octanol–water partition coefficient (Wildman–Crippen LogP) is 4.80. The Morgan fingerprint density at radius 1 is 1.07 bits per heavy atom. The molecule has 5 aromatic rings. The van der Waals surface area contributed by atoms with Crippen LogP contribution in [-0.4, -0.2) is 63.5 Å². The molecule has 0 saturated carbocycles. The van der Waals surface area contributed by atoms with E-state index in [0.29, 0.717) is 35.8 Å². The van der Waals surface area contributed by atoms with Crippen LogP contribution in [0.25, 0.3) is 27.7 Å². The van der Waals surface area contributed by atoms with Crippen LogP contribution in [0.2, 0.25) is 0 Å². The lowest BCUT2D eigenvalue weighted by molar-refractivity contribution is -0.132. The van der Waals surface area contributed by atoms with Crippen molar-refractivity contribution in [1.82, 2.24) is 23.8 Å². The fourth-order valence-electron chi connectivity index (χ4n) is 5.73. The van der Waals surface area contributed by atoms with Gasteiger partial charge in [-0.15, -0.1) is 0 Å². The summed E-state index contributed by atoms with van der Waals surface area (Å²) in [5.41, 5.74) is 5.24. The Labute approximate surface area is 237 Å². The van der Waals surface area contributed by atoms with Crippen LogP contribution in [0.4, 0.5) is 5.69 Å². The Morgan fingerprint density at radius 3 is 2.63 bits per heavy atom. The molecular formula is C31H32N6O4. The zero-order chi connectivity index (χ0) is 28.8. The first kappa shape index (κ1) is 26.4. The van der Waals surface area contributed by atoms with Gasteiger partial charge >= 0.3 is 0 Å². The van der Waals surface area contributed by atoms with Crippen molar-refractivity contribution in [2.24, 2.45) is 7.05 Å². The third kappa shape index (κ3) is 4.45. The molecule has 6 rings (SSSR count). The van der Waals surface area contributed by atoms with E-state index in [1.807, 2.05) is 74.2 Å². The number of nitrogens with one attached hydrogen (secondary N) is 1. The average Bonchev–Trinajstić information content (AvgIpc) is 3.54. The number of carbonyl (C=O) groups excluding carboxylic acids is 2. The van der Waals surface area contributed by atoms with Gasteiger partial charge < -0.3 is 24.3 Å². The van der Waals surface area contributed by atoms with Crippen molar-refractivity contribution in [3.63, 3.8) is 0 Å². The number of hydrogen-bond donors (Lipinski definition) is 1. The third-order valence-electron chi connectivity index (χ3n) is 8.01. The number of nitrogens with zero attached hydrogens (tertiary/aromatic N) is 5. The number of methoxy groups -OCH3 is 2. The maximum atomic E-state index is 13.4.